The number of unbranched alkanes of at least 4 members (excludes halogenated alkanes) is 2. The van der Waals surface area contributed by atoms with Crippen molar-refractivity contribution in [1.82, 2.24) is 9.97 Å². The molecule has 0 saturated carbocycles. The molecule has 0 aliphatic heterocycles. The van der Waals surface area contributed by atoms with E-state index in [4.69, 9.17) is 11.6 Å². The highest BCUT2D eigenvalue weighted by molar-refractivity contribution is 6.28. The molecule has 1 heterocycles. The summed E-state index contributed by atoms with van der Waals surface area (Å²) < 4.78 is 13.7. The van der Waals surface area contributed by atoms with Gasteiger partial charge < -0.3 is 4.90 Å². The third-order valence-electron chi connectivity index (χ3n) is 2.59. The summed E-state index contributed by atoms with van der Waals surface area (Å²) in [6.07, 6.45) is 4.41. The molecule has 0 atom stereocenters. The summed E-state index contributed by atoms with van der Waals surface area (Å²) in [6.45, 7) is 6.96. The van der Waals surface area contributed by atoms with Crippen LogP contribution in [-0.4, -0.2) is 22.6 Å². The van der Waals surface area contributed by atoms with Gasteiger partial charge in [0.25, 0.3) is 0 Å². The second-order valence-electron chi connectivity index (χ2n) is 4.30. The predicted molar refractivity (Wildman–Crippen MR) is 69.0 cm³/mol. The number of halogens is 2. The first-order valence-corrected chi connectivity index (χ1v) is 6.38. The Morgan fingerprint density at radius 2 is 2.12 bits per heavy atom. The van der Waals surface area contributed by atoms with Crippen LogP contribution in [0.4, 0.5) is 10.2 Å². The van der Waals surface area contributed by atoms with Crippen molar-refractivity contribution < 1.29 is 4.39 Å². The fourth-order valence-corrected chi connectivity index (χ4v) is 1.81. The Morgan fingerprint density at radius 3 is 2.71 bits per heavy atom. The standard InChI is InChI=1S/C12H19ClFN3/c1-4-5-6-7-17(9(2)3)11-10(14)8-15-12(13)16-11/h8-9H,4-7H2,1-3H3. The Labute approximate surface area is 107 Å². The molecule has 0 aromatic carbocycles. The van der Waals surface area contributed by atoms with E-state index in [9.17, 15) is 4.39 Å². The Morgan fingerprint density at radius 1 is 1.41 bits per heavy atom. The van der Waals surface area contributed by atoms with Crippen molar-refractivity contribution in [3.63, 3.8) is 0 Å². The van der Waals surface area contributed by atoms with Gasteiger partial charge in [-0.1, -0.05) is 19.8 Å². The van der Waals surface area contributed by atoms with Crippen LogP contribution in [0.15, 0.2) is 6.20 Å². The third-order valence-corrected chi connectivity index (χ3v) is 2.78. The van der Waals surface area contributed by atoms with Gasteiger partial charge in [-0.2, -0.15) is 4.98 Å². The topological polar surface area (TPSA) is 29.0 Å². The Kier molecular flexibility index (Phi) is 5.62. The zero-order valence-electron chi connectivity index (χ0n) is 10.6. The average molecular weight is 260 g/mol. The van der Waals surface area contributed by atoms with E-state index in [2.05, 4.69) is 16.9 Å². The fourth-order valence-electron chi connectivity index (χ4n) is 1.68. The molecule has 1 aromatic heterocycles. The summed E-state index contributed by atoms with van der Waals surface area (Å²) in [5.41, 5.74) is 0. The summed E-state index contributed by atoms with van der Waals surface area (Å²) in [4.78, 5) is 9.54. The minimum Gasteiger partial charge on any atom is -0.352 e. The molecule has 0 bridgehead atoms. The Bertz CT molecular complexity index is 358. The molecule has 0 unspecified atom stereocenters. The molecule has 0 fully saturated rings. The van der Waals surface area contributed by atoms with E-state index in [0.29, 0.717) is 5.82 Å². The number of hydrogen-bond acceptors (Lipinski definition) is 3. The second kappa shape index (κ2) is 6.74. The van der Waals surface area contributed by atoms with E-state index in [0.717, 1.165) is 32.0 Å². The molecule has 0 aliphatic carbocycles. The lowest BCUT2D eigenvalue weighted by atomic mass is 10.2. The predicted octanol–water partition coefficient (Wildman–Crippen LogP) is 3.67. The zero-order chi connectivity index (χ0) is 12.8. The number of nitrogens with zero attached hydrogens (tertiary/aromatic N) is 3. The molecule has 5 heteroatoms. The summed E-state index contributed by atoms with van der Waals surface area (Å²) in [5, 5.41) is 0.0857. The molecule has 0 aliphatic rings. The number of aromatic nitrogens is 2. The van der Waals surface area contributed by atoms with E-state index in [1.165, 1.54) is 0 Å². The Balaban J connectivity index is 2.85. The first-order valence-electron chi connectivity index (χ1n) is 6.01. The van der Waals surface area contributed by atoms with Gasteiger partial charge in [0.1, 0.15) is 0 Å². The van der Waals surface area contributed by atoms with E-state index < -0.39 is 5.82 Å². The van der Waals surface area contributed by atoms with Gasteiger partial charge in [-0.25, -0.2) is 9.37 Å². The lowest BCUT2D eigenvalue weighted by Gasteiger charge is -2.28. The molecule has 0 saturated heterocycles. The maximum atomic E-state index is 13.7. The minimum absolute atomic E-state index is 0.0857. The second-order valence-corrected chi connectivity index (χ2v) is 4.64. The molecule has 1 aromatic rings. The van der Waals surface area contributed by atoms with Gasteiger partial charge in [-0.05, 0) is 31.9 Å². The van der Waals surface area contributed by atoms with Crippen LogP contribution in [0.25, 0.3) is 0 Å². The van der Waals surface area contributed by atoms with Crippen molar-refractivity contribution in [2.75, 3.05) is 11.4 Å². The molecule has 96 valence electrons. The highest BCUT2D eigenvalue weighted by atomic mass is 35.5. The van der Waals surface area contributed by atoms with E-state index >= 15 is 0 Å². The van der Waals surface area contributed by atoms with Gasteiger partial charge in [-0.3, -0.25) is 0 Å². The van der Waals surface area contributed by atoms with Crippen LogP contribution in [0, 0.1) is 5.82 Å². The molecule has 0 radical (unpaired) electrons. The van der Waals surface area contributed by atoms with Gasteiger partial charge in [0.05, 0.1) is 6.20 Å². The van der Waals surface area contributed by atoms with Crippen molar-refractivity contribution in [3.8, 4) is 0 Å². The monoisotopic (exact) mass is 259 g/mol. The largest absolute Gasteiger partial charge is 0.352 e. The van der Waals surface area contributed by atoms with E-state index in [-0.39, 0.29) is 11.3 Å². The molecule has 1 rings (SSSR count). The lowest BCUT2D eigenvalue weighted by molar-refractivity contribution is 0.569. The van der Waals surface area contributed by atoms with Crippen LogP contribution >= 0.6 is 11.6 Å². The van der Waals surface area contributed by atoms with Crippen LogP contribution < -0.4 is 4.90 Å². The summed E-state index contributed by atoms with van der Waals surface area (Å²) in [7, 11) is 0. The van der Waals surface area contributed by atoms with Crippen molar-refractivity contribution in [1.29, 1.82) is 0 Å². The number of hydrogen-bond donors (Lipinski definition) is 0. The molecule has 3 nitrogen and oxygen atoms in total. The summed E-state index contributed by atoms with van der Waals surface area (Å²) in [6, 6.07) is 0.187. The van der Waals surface area contributed by atoms with E-state index in [1.807, 2.05) is 18.7 Å². The number of rotatable bonds is 6. The lowest BCUT2D eigenvalue weighted by Crippen LogP contribution is -2.33. The van der Waals surface area contributed by atoms with Crippen molar-refractivity contribution in [3.05, 3.63) is 17.3 Å². The van der Waals surface area contributed by atoms with Crippen LogP contribution in [0.3, 0.4) is 0 Å². The van der Waals surface area contributed by atoms with Crippen LogP contribution in [0.1, 0.15) is 40.0 Å². The fraction of sp³-hybridized carbons (Fsp3) is 0.667. The first-order chi connectivity index (χ1) is 8.06. The molecular weight excluding hydrogens is 241 g/mol. The molecule has 0 N–H and O–H groups in total. The van der Waals surface area contributed by atoms with Gasteiger partial charge >= 0.3 is 0 Å². The van der Waals surface area contributed by atoms with Crippen molar-refractivity contribution in [2.24, 2.45) is 0 Å². The molecule has 0 spiro atoms. The molecule has 17 heavy (non-hydrogen) atoms. The summed E-state index contributed by atoms with van der Waals surface area (Å²) >= 11 is 5.71. The SMILES string of the molecule is CCCCCN(c1nc(Cl)ncc1F)C(C)C. The van der Waals surface area contributed by atoms with Crippen molar-refractivity contribution >= 4 is 17.4 Å². The quantitative estimate of drug-likeness (QED) is 0.577. The maximum absolute atomic E-state index is 13.7. The Hall–Kier alpha value is -0.900. The summed E-state index contributed by atoms with van der Waals surface area (Å²) in [5.74, 6) is -0.115. The van der Waals surface area contributed by atoms with Crippen LogP contribution in [0.5, 0.6) is 0 Å². The maximum Gasteiger partial charge on any atom is 0.224 e. The third kappa shape index (κ3) is 4.11. The van der Waals surface area contributed by atoms with Crippen LogP contribution in [-0.2, 0) is 0 Å². The minimum atomic E-state index is -0.417. The van der Waals surface area contributed by atoms with Crippen LogP contribution in [0.2, 0.25) is 5.28 Å². The van der Waals surface area contributed by atoms with Crippen molar-refractivity contribution in [2.45, 2.75) is 46.1 Å². The smallest absolute Gasteiger partial charge is 0.224 e. The van der Waals surface area contributed by atoms with Gasteiger partial charge in [0.15, 0.2) is 11.6 Å². The van der Waals surface area contributed by atoms with Gasteiger partial charge in [-0.15, -0.1) is 0 Å². The first kappa shape index (κ1) is 14.2. The zero-order valence-corrected chi connectivity index (χ0v) is 11.3. The molecule has 0 amide bonds. The normalized spacial score (nSPS) is 10.9. The van der Waals surface area contributed by atoms with Gasteiger partial charge in [0.2, 0.25) is 5.28 Å². The number of anilines is 1. The average Bonchev–Trinajstić information content (AvgIpc) is 2.28. The highest BCUT2D eigenvalue weighted by Gasteiger charge is 2.17. The molecular formula is C12H19ClFN3. The highest BCUT2D eigenvalue weighted by Crippen LogP contribution is 2.20. The van der Waals surface area contributed by atoms with E-state index in [1.54, 1.807) is 0 Å². The van der Waals surface area contributed by atoms with Gasteiger partial charge in [0, 0.05) is 12.6 Å².